The minimum atomic E-state index is -0.581. The Kier molecular flexibility index (Phi) is 6.69. The first-order valence-electron chi connectivity index (χ1n) is 10.9. The highest BCUT2D eigenvalue weighted by Crippen LogP contribution is 2.17. The van der Waals surface area contributed by atoms with Crippen LogP contribution in [0.3, 0.4) is 0 Å². The molecule has 1 aliphatic rings. The Balaban J connectivity index is 1.68. The predicted molar refractivity (Wildman–Crippen MR) is 122 cm³/mol. The number of fused-ring (bicyclic) bond motifs is 1. The Labute approximate surface area is 189 Å². The average Bonchev–Trinajstić information content (AvgIpc) is 3.33. The summed E-state index contributed by atoms with van der Waals surface area (Å²) in [4.78, 5) is 51.4. The van der Waals surface area contributed by atoms with Crippen molar-refractivity contribution in [3.05, 3.63) is 74.9 Å². The molecule has 9 heteroatoms. The second-order valence-electron chi connectivity index (χ2n) is 7.75. The minimum absolute atomic E-state index is 0.135. The maximum Gasteiger partial charge on any atom is 0.340 e. The Hall–Kier alpha value is -3.72. The quantitative estimate of drug-likeness (QED) is 0.552. The van der Waals surface area contributed by atoms with Crippen LogP contribution in [0.15, 0.2) is 58.1 Å². The van der Waals surface area contributed by atoms with E-state index in [1.54, 1.807) is 55.5 Å². The van der Waals surface area contributed by atoms with Crippen LogP contribution < -0.4 is 16.6 Å². The number of aromatic nitrogens is 2. The Bertz CT molecular complexity index is 1300. The Morgan fingerprint density at radius 2 is 1.85 bits per heavy atom. The van der Waals surface area contributed by atoms with Crippen LogP contribution >= 0.6 is 0 Å². The van der Waals surface area contributed by atoms with E-state index in [0.717, 1.165) is 17.4 Å². The summed E-state index contributed by atoms with van der Waals surface area (Å²) in [6.07, 6.45) is 1.43. The molecule has 1 amide bonds. The van der Waals surface area contributed by atoms with E-state index < -0.39 is 23.1 Å². The zero-order valence-electron chi connectivity index (χ0n) is 18.3. The van der Waals surface area contributed by atoms with Crippen molar-refractivity contribution in [2.75, 3.05) is 18.5 Å². The van der Waals surface area contributed by atoms with E-state index in [1.807, 2.05) is 0 Å². The standard InChI is InChI=1S/C24H25N3O6/c1-2-32-23(30)17-9-3-5-11-19(17)25-21(28)15-26-20-12-6-4-10-18(20)22(29)27(24(26)31)14-16-8-7-13-33-16/h3-6,9-12,16H,2,7-8,13-15H2,1H3,(H,25,28). The lowest BCUT2D eigenvalue weighted by molar-refractivity contribution is -0.116. The number of carbonyl (C=O) groups excluding carboxylic acids is 2. The number of hydrogen-bond acceptors (Lipinski definition) is 6. The smallest absolute Gasteiger partial charge is 0.340 e. The van der Waals surface area contributed by atoms with E-state index in [1.165, 1.54) is 4.57 Å². The fraction of sp³-hybridized carbons (Fsp3) is 0.333. The van der Waals surface area contributed by atoms with Crippen LogP contribution in [0.2, 0.25) is 0 Å². The molecule has 2 aromatic carbocycles. The molecule has 0 saturated carbocycles. The first kappa shape index (κ1) is 22.5. The third kappa shape index (κ3) is 4.73. The maximum atomic E-state index is 13.3. The summed E-state index contributed by atoms with van der Waals surface area (Å²) in [6.45, 7) is 2.30. The first-order chi connectivity index (χ1) is 16.0. The van der Waals surface area contributed by atoms with Crippen LogP contribution in [0.5, 0.6) is 0 Å². The maximum absolute atomic E-state index is 13.3. The van der Waals surface area contributed by atoms with E-state index >= 15 is 0 Å². The summed E-state index contributed by atoms with van der Waals surface area (Å²) in [7, 11) is 0. The SMILES string of the molecule is CCOC(=O)c1ccccc1NC(=O)Cn1c(=O)n(CC2CCCO2)c(=O)c2ccccc21. The Morgan fingerprint density at radius 3 is 2.61 bits per heavy atom. The minimum Gasteiger partial charge on any atom is -0.462 e. The van der Waals surface area contributed by atoms with Gasteiger partial charge in [-0.25, -0.2) is 9.59 Å². The lowest BCUT2D eigenvalue weighted by Gasteiger charge is -2.16. The fourth-order valence-electron chi connectivity index (χ4n) is 3.99. The molecule has 2 heterocycles. The highest BCUT2D eigenvalue weighted by molar-refractivity contribution is 6.01. The largest absolute Gasteiger partial charge is 0.462 e. The molecule has 0 aliphatic carbocycles. The summed E-state index contributed by atoms with van der Waals surface area (Å²) in [5.74, 6) is -1.07. The molecule has 0 bridgehead atoms. The third-order valence-electron chi connectivity index (χ3n) is 5.54. The molecule has 0 spiro atoms. The molecule has 1 fully saturated rings. The van der Waals surface area contributed by atoms with Crippen LogP contribution in [0.1, 0.15) is 30.1 Å². The van der Waals surface area contributed by atoms with Crippen molar-refractivity contribution in [3.8, 4) is 0 Å². The van der Waals surface area contributed by atoms with E-state index in [4.69, 9.17) is 9.47 Å². The van der Waals surface area contributed by atoms with Gasteiger partial charge in [0.25, 0.3) is 5.56 Å². The summed E-state index contributed by atoms with van der Waals surface area (Å²) >= 11 is 0. The number of carbonyl (C=O) groups is 2. The molecule has 1 N–H and O–H groups in total. The average molecular weight is 451 g/mol. The lowest BCUT2D eigenvalue weighted by atomic mass is 10.2. The van der Waals surface area contributed by atoms with Crippen molar-refractivity contribution in [2.45, 2.75) is 39.0 Å². The number of esters is 1. The van der Waals surface area contributed by atoms with Crippen LogP contribution in [0.25, 0.3) is 10.9 Å². The number of hydrogen-bond donors (Lipinski definition) is 1. The molecule has 3 aromatic rings. The molecular formula is C24H25N3O6. The molecule has 1 atom stereocenters. The highest BCUT2D eigenvalue weighted by Gasteiger charge is 2.22. The zero-order valence-corrected chi connectivity index (χ0v) is 18.3. The van der Waals surface area contributed by atoms with Gasteiger partial charge in [-0.3, -0.25) is 18.7 Å². The number of ether oxygens (including phenoxy) is 2. The summed E-state index contributed by atoms with van der Waals surface area (Å²) in [5, 5.41) is 3.03. The van der Waals surface area contributed by atoms with Crippen molar-refractivity contribution in [2.24, 2.45) is 0 Å². The topological polar surface area (TPSA) is 109 Å². The second kappa shape index (κ2) is 9.83. The number of para-hydroxylation sites is 2. The molecular weight excluding hydrogens is 426 g/mol. The van der Waals surface area contributed by atoms with Gasteiger partial charge in [-0.05, 0) is 44.0 Å². The summed E-state index contributed by atoms with van der Waals surface area (Å²) < 4.78 is 13.1. The number of benzene rings is 2. The number of anilines is 1. The van der Waals surface area contributed by atoms with Gasteiger partial charge in [-0.15, -0.1) is 0 Å². The zero-order chi connectivity index (χ0) is 23.4. The van der Waals surface area contributed by atoms with Gasteiger partial charge in [-0.2, -0.15) is 0 Å². The van der Waals surface area contributed by atoms with Gasteiger partial charge in [0.05, 0.1) is 41.4 Å². The van der Waals surface area contributed by atoms with E-state index in [2.05, 4.69) is 5.32 Å². The first-order valence-corrected chi connectivity index (χ1v) is 10.9. The van der Waals surface area contributed by atoms with Crippen LogP contribution in [0.4, 0.5) is 5.69 Å². The van der Waals surface area contributed by atoms with Gasteiger partial charge < -0.3 is 14.8 Å². The predicted octanol–water partition coefficient (Wildman–Crippen LogP) is 2.16. The highest BCUT2D eigenvalue weighted by atomic mass is 16.5. The van der Waals surface area contributed by atoms with Crippen LogP contribution in [-0.4, -0.2) is 40.3 Å². The number of nitrogens with zero attached hydrogens (tertiary/aromatic N) is 2. The van der Waals surface area contributed by atoms with Crippen molar-refractivity contribution in [3.63, 3.8) is 0 Å². The summed E-state index contributed by atoms with van der Waals surface area (Å²) in [6, 6.07) is 13.2. The van der Waals surface area contributed by atoms with Crippen LogP contribution in [0, 0.1) is 0 Å². The van der Waals surface area contributed by atoms with E-state index in [-0.39, 0.29) is 37.1 Å². The number of rotatable bonds is 7. The van der Waals surface area contributed by atoms with Gasteiger partial charge >= 0.3 is 11.7 Å². The third-order valence-corrected chi connectivity index (χ3v) is 5.54. The normalized spacial score (nSPS) is 15.5. The molecule has 33 heavy (non-hydrogen) atoms. The van der Waals surface area contributed by atoms with Gasteiger partial charge in [0, 0.05) is 6.61 Å². The van der Waals surface area contributed by atoms with Crippen molar-refractivity contribution in [1.29, 1.82) is 0 Å². The van der Waals surface area contributed by atoms with Crippen molar-refractivity contribution in [1.82, 2.24) is 9.13 Å². The van der Waals surface area contributed by atoms with Gasteiger partial charge in [0.15, 0.2) is 0 Å². The molecule has 9 nitrogen and oxygen atoms in total. The van der Waals surface area contributed by atoms with Crippen molar-refractivity contribution < 1.29 is 19.1 Å². The molecule has 1 aromatic heterocycles. The molecule has 1 saturated heterocycles. The van der Waals surface area contributed by atoms with Gasteiger partial charge in [0.1, 0.15) is 6.54 Å². The van der Waals surface area contributed by atoms with Crippen LogP contribution in [-0.2, 0) is 27.4 Å². The monoisotopic (exact) mass is 451 g/mol. The second-order valence-corrected chi connectivity index (χ2v) is 7.75. The molecule has 1 aliphatic heterocycles. The number of nitrogens with one attached hydrogen (secondary N) is 1. The van der Waals surface area contributed by atoms with Crippen molar-refractivity contribution >= 4 is 28.5 Å². The molecule has 4 rings (SSSR count). The lowest BCUT2D eigenvalue weighted by Crippen LogP contribution is -2.43. The molecule has 1 unspecified atom stereocenters. The van der Waals surface area contributed by atoms with E-state index in [9.17, 15) is 19.2 Å². The number of amides is 1. The molecule has 0 radical (unpaired) electrons. The Morgan fingerprint density at radius 1 is 1.09 bits per heavy atom. The molecule has 172 valence electrons. The summed E-state index contributed by atoms with van der Waals surface area (Å²) in [5.41, 5.74) is -0.123. The van der Waals surface area contributed by atoms with Gasteiger partial charge in [0.2, 0.25) is 5.91 Å². The fourth-order valence-corrected chi connectivity index (χ4v) is 3.99. The van der Waals surface area contributed by atoms with Gasteiger partial charge in [-0.1, -0.05) is 24.3 Å². The van der Waals surface area contributed by atoms with E-state index in [0.29, 0.717) is 17.5 Å².